The number of benzene rings is 2. The molecular formula is C23H13Cl2F2N5O2. The molecule has 0 spiro atoms. The Morgan fingerprint density at radius 2 is 1.88 bits per heavy atom. The highest BCUT2D eigenvalue weighted by atomic mass is 35.5. The zero-order valence-electron chi connectivity index (χ0n) is 17.0. The van der Waals surface area contributed by atoms with Gasteiger partial charge in [0.15, 0.2) is 0 Å². The number of hydrogen-bond acceptors (Lipinski definition) is 4. The van der Waals surface area contributed by atoms with Crippen LogP contribution in [0.1, 0.15) is 38.0 Å². The van der Waals surface area contributed by atoms with E-state index in [1.54, 1.807) is 12.3 Å². The molecule has 0 saturated carbocycles. The molecule has 1 aliphatic rings. The van der Waals surface area contributed by atoms with Crippen LogP contribution < -0.4 is 10.6 Å². The van der Waals surface area contributed by atoms with Crippen LogP contribution in [0.5, 0.6) is 0 Å². The molecule has 1 atom stereocenters. The van der Waals surface area contributed by atoms with Gasteiger partial charge < -0.3 is 10.6 Å². The van der Waals surface area contributed by atoms with Gasteiger partial charge in [-0.1, -0.05) is 23.2 Å². The first-order valence-corrected chi connectivity index (χ1v) is 10.6. The number of rotatable bonds is 4. The molecule has 0 aliphatic carbocycles. The highest BCUT2D eigenvalue weighted by molar-refractivity contribution is 6.31. The third kappa shape index (κ3) is 4.00. The van der Waals surface area contributed by atoms with Crippen LogP contribution >= 0.6 is 23.2 Å². The van der Waals surface area contributed by atoms with Crippen LogP contribution in [0.15, 0.2) is 54.9 Å². The lowest BCUT2D eigenvalue weighted by Crippen LogP contribution is -2.21. The van der Waals surface area contributed by atoms with Gasteiger partial charge in [0.05, 0.1) is 23.6 Å². The summed E-state index contributed by atoms with van der Waals surface area (Å²) in [5.74, 6) is -2.44. The van der Waals surface area contributed by atoms with Crippen molar-refractivity contribution in [1.82, 2.24) is 20.5 Å². The highest BCUT2D eigenvalue weighted by Crippen LogP contribution is 2.40. The molecule has 11 heteroatoms. The fourth-order valence-corrected chi connectivity index (χ4v) is 4.23. The summed E-state index contributed by atoms with van der Waals surface area (Å²) < 4.78 is 27.8. The van der Waals surface area contributed by atoms with Gasteiger partial charge in [-0.05, 0) is 42.5 Å². The number of H-pyrrole nitrogens is 1. The first kappa shape index (κ1) is 22.0. The minimum absolute atomic E-state index is 0.0246. The van der Waals surface area contributed by atoms with Gasteiger partial charge >= 0.3 is 0 Å². The van der Waals surface area contributed by atoms with Crippen molar-refractivity contribution < 1.29 is 18.4 Å². The zero-order chi connectivity index (χ0) is 24.0. The van der Waals surface area contributed by atoms with E-state index in [4.69, 9.17) is 23.2 Å². The van der Waals surface area contributed by atoms with Crippen LogP contribution in [0.25, 0.3) is 11.3 Å². The molecule has 7 nitrogen and oxygen atoms in total. The summed E-state index contributed by atoms with van der Waals surface area (Å²) in [5, 5.41) is 12.3. The quantitative estimate of drug-likeness (QED) is 0.361. The van der Waals surface area contributed by atoms with Crippen molar-refractivity contribution in [1.29, 1.82) is 0 Å². The van der Waals surface area contributed by atoms with Crippen LogP contribution in [0.3, 0.4) is 0 Å². The molecular weight excluding hydrogens is 487 g/mol. The maximum absolute atomic E-state index is 14.0. The predicted molar refractivity (Wildman–Crippen MR) is 122 cm³/mol. The Balaban J connectivity index is 1.66. The summed E-state index contributed by atoms with van der Waals surface area (Å²) in [6, 6.07) is 7.84. The zero-order valence-corrected chi connectivity index (χ0v) is 18.5. The fraction of sp³-hybridized carbons (Fsp3) is 0.0435. The molecule has 0 radical (unpaired) electrons. The number of aromatic nitrogens is 3. The Kier molecular flexibility index (Phi) is 5.51. The number of aromatic amines is 1. The number of nitrogens with one attached hydrogen (secondary N) is 3. The van der Waals surface area contributed by atoms with E-state index >= 15 is 0 Å². The third-order valence-corrected chi connectivity index (χ3v) is 5.84. The molecule has 1 aliphatic heterocycles. The number of carbonyl (C=O) groups excluding carboxylic acids is 2. The monoisotopic (exact) mass is 499 g/mol. The van der Waals surface area contributed by atoms with Crippen LogP contribution in [0.4, 0.5) is 14.5 Å². The van der Waals surface area contributed by atoms with Gasteiger partial charge in [0, 0.05) is 38.5 Å². The first-order valence-electron chi connectivity index (χ1n) is 9.87. The first-order chi connectivity index (χ1) is 16.3. The number of amides is 2. The summed E-state index contributed by atoms with van der Waals surface area (Å²) in [7, 11) is 0. The molecule has 0 saturated heterocycles. The number of nitrogens with zero attached hydrogens (tertiary/aromatic N) is 2. The van der Waals surface area contributed by atoms with Gasteiger partial charge in [-0.3, -0.25) is 14.7 Å². The van der Waals surface area contributed by atoms with E-state index in [1.807, 2.05) is 0 Å². The van der Waals surface area contributed by atoms with E-state index in [1.165, 1.54) is 30.5 Å². The van der Waals surface area contributed by atoms with Gasteiger partial charge in [0.2, 0.25) is 0 Å². The summed E-state index contributed by atoms with van der Waals surface area (Å²) in [4.78, 5) is 30.3. The molecule has 0 fully saturated rings. The molecule has 2 amide bonds. The molecule has 34 heavy (non-hydrogen) atoms. The van der Waals surface area contributed by atoms with Crippen LogP contribution in [-0.4, -0.2) is 27.0 Å². The number of hydrogen-bond donors (Lipinski definition) is 3. The topological polar surface area (TPSA) is 99.8 Å². The van der Waals surface area contributed by atoms with Crippen molar-refractivity contribution in [3.63, 3.8) is 0 Å². The minimum atomic E-state index is -0.886. The van der Waals surface area contributed by atoms with Crippen molar-refractivity contribution in [2.75, 3.05) is 5.32 Å². The van der Waals surface area contributed by atoms with Gasteiger partial charge in [0.1, 0.15) is 17.3 Å². The van der Waals surface area contributed by atoms with Crippen LogP contribution in [0.2, 0.25) is 10.0 Å². The van der Waals surface area contributed by atoms with Crippen LogP contribution in [-0.2, 0) is 0 Å². The van der Waals surface area contributed by atoms with Gasteiger partial charge in [-0.25, -0.2) is 13.8 Å². The molecule has 0 bridgehead atoms. The second-order valence-electron chi connectivity index (χ2n) is 7.49. The Labute approximate surface area is 201 Å². The molecule has 3 heterocycles. The Bertz CT molecular complexity index is 1440. The lowest BCUT2D eigenvalue weighted by atomic mass is 9.97. The lowest BCUT2D eigenvalue weighted by Gasteiger charge is -2.18. The number of pyridine rings is 1. The van der Waals surface area contributed by atoms with Gasteiger partial charge in [0.25, 0.3) is 11.8 Å². The van der Waals surface area contributed by atoms with E-state index in [-0.39, 0.29) is 32.6 Å². The normalized spacial score (nSPS) is 14.6. The Hall–Kier alpha value is -3.82. The maximum Gasteiger partial charge on any atom is 0.271 e. The van der Waals surface area contributed by atoms with E-state index in [0.717, 1.165) is 12.1 Å². The largest absolute Gasteiger partial charge is 0.340 e. The summed E-state index contributed by atoms with van der Waals surface area (Å²) in [6.07, 6.45) is 3.07. The average molecular weight is 500 g/mol. The molecule has 3 N–H and O–H groups in total. The van der Waals surface area contributed by atoms with E-state index in [2.05, 4.69) is 25.8 Å². The predicted octanol–water partition coefficient (Wildman–Crippen LogP) is 5.14. The smallest absolute Gasteiger partial charge is 0.271 e. The highest BCUT2D eigenvalue weighted by Gasteiger charge is 2.36. The second kappa shape index (κ2) is 8.51. The van der Waals surface area contributed by atoms with E-state index < -0.39 is 29.5 Å². The number of halogens is 4. The SMILES string of the molecule is O=C(Nc1cc(-c2cn[nH]c2)nc2c1C(c1cc(F)ccc1Cl)NC2=O)c1cc(F)cc(Cl)c1. The number of anilines is 1. The van der Waals surface area contributed by atoms with Crippen molar-refractivity contribution in [3.8, 4) is 11.3 Å². The second-order valence-corrected chi connectivity index (χ2v) is 8.33. The molecule has 170 valence electrons. The number of carbonyl (C=O) groups is 2. The standard InChI is InChI=1S/C23H13Cl2F2N5O2/c24-12-3-10(4-14(27)5-12)22(33)31-18-7-17(11-8-28-29-9-11)30-21-19(18)20(32-23(21)34)15-6-13(26)1-2-16(15)25/h1-9,20H,(H,28,29)(H,32,34)(H,30,31,33). The summed E-state index contributed by atoms with van der Waals surface area (Å²) in [5.41, 5.74) is 1.69. The number of fused-ring (bicyclic) bond motifs is 1. The summed E-state index contributed by atoms with van der Waals surface area (Å²) in [6.45, 7) is 0. The van der Waals surface area contributed by atoms with E-state index in [0.29, 0.717) is 16.8 Å². The molecule has 1 unspecified atom stereocenters. The van der Waals surface area contributed by atoms with Crippen LogP contribution in [0, 0.1) is 11.6 Å². The van der Waals surface area contributed by atoms with Crippen molar-refractivity contribution >= 4 is 40.7 Å². The van der Waals surface area contributed by atoms with Crippen molar-refractivity contribution in [2.24, 2.45) is 0 Å². The third-order valence-electron chi connectivity index (χ3n) is 5.27. The van der Waals surface area contributed by atoms with Gasteiger partial charge in [-0.2, -0.15) is 5.10 Å². The van der Waals surface area contributed by atoms with Crippen molar-refractivity contribution in [2.45, 2.75) is 6.04 Å². The molecule has 4 aromatic rings. The average Bonchev–Trinajstić information content (AvgIpc) is 3.43. The lowest BCUT2D eigenvalue weighted by molar-refractivity contribution is 0.0955. The maximum atomic E-state index is 14.0. The van der Waals surface area contributed by atoms with Gasteiger partial charge in [-0.15, -0.1) is 0 Å². The Morgan fingerprint density at radius 1 is 1.06 bits per heavy atom. The molecule has 5 rings (SSSR count). The van der Waals surface area contributed by atoms with Crippen molar-refractivity contribution in [3.05, 3.63) is 98.9 Å². The Morgan fingerprint density at radius 3 is 2.62 bits per heavy atom. The molecule has 2 aromatic carbocycles. The summed E-state index contributed by atoms with van der Waals surface area (Å²) >= 11 is 12.2. The fourth-order valence-electron chi connectivity index (χ4n) is 3.78. The molecule has 2 aromatic heterocycles. The minimum Gasteiger partial charge on any atom is -0.340 e. The van der Waals surface area contributed by atoms with E-state index in [9.17, 15) is 18.4 Å².